The third-order valence-corrected chi connectivity index (χ3v) is 6.66. The summed E-state index contributed by atoms with van der Waals surface area (Å²) in [6.07, 6.45) is 3.91. The molecule has 2 aliphatic heterocycles. The quantitative estimate of drug-likeness (QED) is 0.252. The number of fused-ring (bicyclic) bond motifs is 1. The van der Waals surface area contributed by atoms with E-state index in [1.807, 2.05) is 26.8 Å². The molecule has 0 N–H and O–H groups in total. The fourth-order valence-corrected chi connectivity index (χ4v) is 4.25. The van der Waals surface area contributed by atoms with Crippen LogP contribution in [0.3, 0.4) is 0 Å². The lowest BCUT2D eigenvalue weighted by Crippen LogP contribution is -2.38. The van der Waals surface area contributed by atoms with Crippen molar-refractivity contribution >= 4 is 29.2 Å². The number of benzene rings is 1. The fraction of sp³-hybridized carbons (Fsp3) is 0.577. The molecule has 35 heavy (non-hydrogen) atoms. The molecule has 1 fully saturated rings. The normalized spacial score (nSPS) is 16.0. The number of hydrogen-bond acceptors (Lipinski definition) is 9. The van der Waals surface area contributed by atoms with E-state index in [1.165, 1.54) is 0 Å². The minimum absolute atomic E-state index is 0.189. The van der Waals surface area contributed by atoms with Crippen molar-refractivity contribution in [1.29, 1.82) is 0 Å². The highest BCUT2D eigenvalue weighted by Crippen LogP contribution is 2.43. The number of carbonyl (C=O) groups is 2. The van der Waals surface area contributed by atoms with E-state index in [0.29, 0.717) is 54.4 Å². The predicted octanol–water partition coefficient (Wildman–Crippen LogP) is 3.93. The number of rotatable bonds is 11. The lowest BCUT2D eigenvalue weighted by molar-refractivity contribution is -0.144. The number of hydrogen-bond donors (Lipinski definition) is 0. The molecule has 8 nitrogen and oxygen atoms in total. The van der Waals surface area contributed by atoms with Crippen molar-refractivity contribution in [2.45, 2.75) is 53.1 Å². The molecule has 0 radical (unpaired) electrons. The fourth-order valence-electron chi connectivity index (χ4n) is 4.17. The number of ether oxygens (including phenoxy) is 5. The zero-order valence-electron chi connectivity index (χ0n) is 21.1. The molecule has 1 aromatic carbocycles. The number of carbonyl (C=O) groups excluding carboxylic acids is 2. The van der Waals surface area contributed by atoms with Gasteiger partial charge in [0.05, 0.1) is 20.3 Å². The molecule has 1 aromatic rings. The van der Waals surface area contributed by atoms with Crippen LogP contribution in [0.2, 0.25) is 0 Å². The van der Waals surface area contributed by atoms with E-state index in [2.05, 4.69) is 4.90 Å². The first kappa shape index (κ1) is 27.1. The predicted molar refractivity (Wildman–Crippen MR) is 135 cm³/mol. The average Bonchev–Trinajstić information content (AvgIpc) is 3.25. The van der Waals surface area contributed by atoms with Gasteiger partial charge in [0.1, 0.15) is 30.3 Å². The molecule has 0 aromatic heterocycles. The maximum absolute atomic E-state index is 12.5. The van der Waals surface area contributed by atoms with Crippen molar-refractivity contribution in [3.8, 4) is 11.5 Å². The Kier molecular flexibility index (Phi) is 10.1. The summed E-state index contributed by atoms with van der Waals surface area (Å²) in [5, 5.41) is 0.389. The molecular weight excluding hydrogens is 470 g/mol. The minimum atomic E-state index is -0.415. The van der Waals surface area contributed by atoms with Crippen LogP contribution in [0.5, 0.6) is 11.5 Å². The molecule has 2 heterocycles. The van der Waals surface area contributed by atoms with Gasteiger partial charge in [-0.25, -0.2) is 4.79 Å². The first-order valence-corrected chi connectivity index (χ1v) is 12.5. The van der Waals surface area contributed by atoms with Crippen molar-refractivity contribution < 1.29 is 33.3 Å². The number of allylic oxidation sites excluding steroid dienone is 2. The summed E-state index contributed by atoms with van der Waals surface area (Å²) in [5.74, 6) is 0.435. The van der Waals surface area contributed by atoms with Crippen LogP contribution in [0.15, 0.2) is 11.6 Å². The largest absolute Gasteiger partial charge is 0.496 e. The third kappa shape index (κ3) is 7.02. The number of esters is 2. The summed E-state index contributed by atoms with van der Waals surface area (Å²) >= 11 is 5.31. The van der Waals surface area contributed by atoms with Gasteiger partial charge in [0.15, 0.2) is 5.05 Å². The highest BCUT2D eigenvalue weighted by molar-refractivity contribution is 7.80. The van der Waals surface area contributed by atoms with Crippen LogP contribution in [-0.2, 0) is 32.0 Å². The number of morpholine rings is 1. The van der Waals surface area contributed by atoms with Crippen LogP contribution in [0.1, 0.15) is 60.2 Å². The first-order chi connectivity index (χ1) is 16.8. The van der Waals surface area contributed by atoms with E-state index in [1.54, 1.807) is 7.11 Å². The zero-order valence-corrected chi connectivity index (χ0v) is 21.9. The molecule has 2 aliphatic rings. The van der Waals surface area contributed by atoms with Gasteiger partial charge in [-0.3, -0.25) is 9.69 Å². The van der Waals surface area contributed by atoms with Gasteiger partial charge in [-0.1, -0.05) is 18.6 Å². The first-order valence-electron chi connectivity index (χ1n) is 12.1. The van der Waals surface area contributed by atoms with E-state index in [0.717, 1.165) is 55.1 Å². The van der Waals surface area contributed by atoms with Crippen molar-refractivity contribution in [3.05, 3.63) is 33.9 Å². The summed E-state index contributed by atoms with van der Waals surface area (Å²) in [7, 11) is 1.60. The van der Waals surface area contributed by atoms with Gasteiger partial charge in [0, 0.05) is 43.6 Å². The molecular formula is C26H35NO7S. The summed E-state index contributed by atoms with van der Waals surface area (Å²) in [4.78, 5) is 26.9. The second kappa shape index (κ2) is 13.0. The maximum Gasteiger partial charge on any atom is 0.342 e. The van der Waals surface area contributed by atoms with Gasteiger partial charge in [-0.15, -0.1) is 0 Å². The van der Waals surface area contributed by atoms with Gasteiger partial charge in [0.25, 0.3) is 0 Å². The highest BCUT2D eigenvalue weighted by Gasteiger charge is 2.33. The maximum atomic E-state index is 12.5. The Morgan fingerprint density at radius 3 is 2.63 bits per heavy atom. The van der Waals surface area contributed by atoms with E-state index in [9.17, 15) is 9.59 Å². The van der Waals surface area contributed by atoms with E-state index in [4.69, 9.17) is 35.9 Å². The van der Waals surface area contributed by atoms with E-state index < -0.39 is 5.97 Å². The molecule has 0 aliphatic carbocycles. The van der Waals surface area contributed by atoms with Crippen molar-refractivity contribution in [3.63, 3.8) is 0 Å². The second-order valence-electron chi connectivity index (χ2n) is 8.65. The Morgan fingerprint density at radius 2 is 1.94 bits per heavy atom. The van der Waals surface area contributed by atoms with Crippen LogP contribution in [0, 0.1) is 6.92 Å². The zero-order chi connectivity index (χ0) is 25.4. The van der Waals surface area contributed by atoms with Gasteiger partial charge in [0.2, 0.25) is 0 Å². The Labute approximate surface area is 212 Å². The number of thiocarbonyl (C=S) groups is 1. The van der Waals surface area contributed by atoms with Crippen LogP contribution in [-0.4, -0.2) is 68.5 Å². The average molecular weight is 506 g/mol. The van der Waals surface area contributed by atoms with Crippen LogP contribution in [0.25, 0.3) is 0 Å². The van der Waals surface area contributed by atoms with Gasteiger partial charge >= 0.3 is 11.9 Å². The lowest BCUT2D eigenvalue weighted by atomic mass is 9.94. The van der Waals surface area contributed by atoms with Crippen molar-refractivity contribution in [2.24, 2.45) is 0 Å². The van der Waals surface area contributed by atoms with Gasteiger partial charge in [-0.05, 0) is 44.5 Å². The van der Waals surface area contributed by atoms with Crippen LogP contribution in [0.4, 0.5) is 0 Å². The Morgan fingerprint density at radius 1 is 1.20 bits per heavy atom. The smallest absolute Gasteiger partial charge is 0.342 e. The summed E-state index contributed by atoms with van der Waals surface area (Å²) in [6.45, 7) is 10.3. The van der Waals surface area contributed by atoms with Crippen molar-refractivity contribution in [1.82, 2.24) is 4.90 Å². The molecule has 0 spiro atoms. The molecule has 0 atom stereocenters. The second-order valence-corrected chi connectivity index (χ2v) is 9.11. The van der Waals surface area contributed by atoms with Crippen molar-refractivity contribution in [2.75, 3.05) is 46.6 Å². The number of cyclic esters (lactones) is 1. The van der Waals surface area contributed by atoms with E-state index in [-0.39, 0.29) is 12.6 Å². The highest BCUT2D eigenvalue weighted by atomic mass is 32.1. The monoisotopic (exact) mass is 505 g/mol. The summed E-state index contributed by atoms with van der Waals surface area (Å²) in [6, 6.07) is 0. The molecule has 9 heteroatoms. The standard InChI is InChI=1S/C26H35NO7S/c1-5-22(35)34-25-19(24(30-4)18(3)20-16-33-26(29)23(20)25)8-6-17(2)7-9-21(28)32-15-12-27-10-13-31-14-11-27/h6H,5,7-16H2,1-4H3/b17-6+. The van der Waals surface area contributed by atoms with E-state index >= 15 is 0 Å². The topological polar surface area (TPSA) is 83.5 Å². The Bertz CT molecular complexity index is 983. The third-order valence-electron chi connectivity index (χ3n) is 6.28. The van der Waals surface area contributed by atoms with Gasteiger partial charge in [-0.2, -0.15) is 0 Å². The van der Waals surface area contributed by atoms with Crippen LogP contribution >= 0.6 is 12.2 Å². The van der Waals surface area contributed by atoms with Crippen LogP contribution < -0.4 is 9.47 Å². The lowest BCUT2D eigenvalue weighted by Gasteiger charge is -2.26. The Hall–Kier alpha value is -2.49. The number of methoxy groups -OCH3 is 1. The molecule has 1 saturated heterocycles. The van der Waals surface area contributed by atoms with Gasteiger partial charge < -0.3 is 23.7 Å². The SMILES string of the molecule is CCC(=S)Oc1c(C/C=C(\C)CCC(=O)OCCN2CCOCC2)c(OC)c(C)c2c1C(=O)OC2. The molecule has 192 valence electrons. The molecule has 3 rings (SSSR count). The summed E-state index contributed by atoms with van der Waals surface area (Å²) in [5.41, 5.74) is 3.81. The molecule has 0 bridgehead atoms. The Balaban J connectivity index is 1.66. The number of nitrogens with zero attached hydrogens (tertiary/aromatic N) is 1. The molecule has 0 unspecified atom stereocenters. The molecule has 0 amide bonds. The molecule has 0 saturated carbocycles. The summed E-state index contributed by atoms with van der Waals surface area (Å²) < 4.78 is 27.7. The minimum Gasteiger partial charge on any atom is -0.496 e.